The van der Waals surface area contributed by atoms with Gasteiger partial charge in [0.1, 0.15) is 12.5 Å². The Morgan fingerprint density at radius 2 is 2.19 bits per heavy atom. The molecule has 0 radical (unpaired) electrons. The van der Waals surface area contributed by atoms with Gasteiger partial charge in [-0.05, 0) is 63.2 Å². The van der Waals surface area contributed by atoms with Crippen LogP contribution < -0.4 is 5.32 Å². The van der Waals surface area contributed by atoms with Gasteiger partial charge in [-0.1, -0.05) is 6.07 Å². The molecule has 1 atom stereocenters. The van der Waals surface area contributed by atoms with Crippen LogP contribution in [0, 0.1) is 0 Å². The molecule has 7 heteroatoms. The zero-order chi connectivity index (χ0) is 19.5. The van der Waals surface area contributed by atoms with Crippen molar-refractivity contribution in [2.45, 2.75) is 51.0 Å². The molecule has 2 heterocycles. The number of carbonyl (C=O) groups is 1. The number of aliphatic carboxylic acids is 1. The number of methoxy groups -OCH3 is 1. The van der Waals surface area contributed by atoms with E-state index in [-0.39, 0.29) is 6.42 Å². The summed E-state index contributed by atoms with van der Waals surface area (Å²) in [5.41, 5.74) is 2.39. The fraction of sp³-hybridized carbons (Fsp3) is 0.700. The summed E-state index contributed by atoms with van der Waals surface area (Å²) in [6.45, 7) is 2.41. The van der Waals surface area contributed by atoms with Gasteiger partial charge in [0.2, 0.25) is 0 Å². The number of pyridine rings is 1. The molecule has 1 aromatic heterocycles. The highest BCUT2D eigenvalue weighted by atomic mass is 19.1. The number of rotatable bonds is 13. The molecular weight excluding hydrogens is 349 g/mol. The Morgan fingerprint density at radius 3 is 2.93 bits per heavy atom. The summed E-state index contributed by atoms with van der Waals surface area (Å²) in [6, 6.07) is 4.28. The van der Waals surface area contributed by atoms with E-state index in [0.29, 0.717) is 19.5 Å². The number of hydrogen-bond acceptors (Lipinski definition) is 5. The van der Waals surface area contributed by atoms with Gasteiger partial charge in [0.15, 0.2) is 0 Å². The molecule has 0 spiro atoms. The number of nitrogens with one attached hydrogen (secondary N) is 1. The first kappa shape index (κ1) is 21.6. The van der Waals surface area contributed by atoms with E-state index in [1.807, 2.05) is 0 Å². The van der Waals surface area contributed by atoms with E-state index in [1.165, 1.54) is 12.7 Å². The summed E-state index contributed by atoms with van der Waals surface area (Å²) in [7, 11) is 1.51. The average molecular weight is 381 g/mol. The number of nitrogens with zero attached hydrogens (tertiary/aromatic N) is 2. The Hall–Kier alpha value is -1.73. The molecule has 0 aromatic carbocycles. The predicted octanol–water partition coefficient (Wildman–Crippen LogP) is 2.91. The number of ether oxygens (including phenoxy) is 1. The van der Waals surface area contributed by atoms with E-state index in [9.17, 15) is 9.18 Å². The van der Waals surface area contributed by atoms with Crippen LogP contribution in [0.2, 0.25) is 0 Å². The highest BCUT2D eigenvalue weighted by Crippen LogP contribution is 2.20. The first-order valence-electron chi connectivity index (χ1n) is 9.88. The maximum Gasteiger partial charge on any atom is 0.303 e. The van der Waals surface area contributed by atoms with Gasteiger partial charge in [-0.25, -0.2) is 9.37 Å². The highest BCUT2D eigenvalue weighted by molar-refractivity contribution is 5.66. The summed E-state index contributed by atoms with van der Waals surface area (Å²) in [4.78, 5) is 17.5. The molecule has 0 fully saturated rings. The van der Waals surface area contributed by atoms with Crippen molar-refractivity contribution in [2.75, 3.05) is 45.3 Å². The lowest BCUT2D eigenvalue weighted by Gasteiger charge is -2.25. The topological polar surface area (TPSA) is 74.7 Å². The fourth-order valence-corrected chi connectivity index (χ4v) is 3.37. The molecule has 6 nitrogen and oxygen atoms in total. The summed E-state index contributed by atoms with van der Waals surface area (Å²) >= 11 is 0. The first-order valence-corrected chi connectivity index (χ1v) is 9.88. The quantitative estimate of drug-likeness (QED) is 0.512. The Balaban J connectivity index is 1.76. The fourth-order valence-electron chi connectivity index (χ4n) is 3.37. The van der Waals surface area contributed by atoms with Gasteiger partial charge in [0.25, 0.3) is 0 Å². The number of carboxylic acids is 1. The third-order valence-corrected chi connectivity index (χ3v) is 4.94. The van der Waals surface area contributed by atoms with E-state index in [1.54, 1.807) is 0 Å². The van der Waals surface area contributed by atoms with Crippen LogP contribution in [0.3, 0.4) is 0 Å². The molecule has 2 N–H and O–H groups in total. The normalized spacial score (nSPS) is 14.6. The van der Waals surface area contributed by atoms with E-state index >= 15 is 0 Å². The number of aromatic nitrogens is 1. The van der Waals surface area contributed by atoms with Gasteiger partial charge >= 0.3 is 5.97 Å². The minimum atomic E-state index is -0.796. The Bertz CT molecular complexity index is 582. The number of carboxylic acid groups (broad SMARTS) is 1. The summed E-state index contributed by atoms with van der Waals surface area (Å²) in [5, 5.41) is 12.2. The second kappa shape index (κ2) is 11.9. The van der Waals surface area contributed by atoms with Crippen LogP contribution in [0.25, 0.3) is 0 Å². The van der Waals surface area contributed by atoms with E-state index in [0.717, 1.165) is 56.7 Å². The number of halogens is 1. The molecule has 0 saturated heterocycles. The minimum absolute atomic E-state index is 0.135. The Morgan fingerprint density at radius 1 is 1.37 bits per heavy atom. The van der Waals surface area contributed by atoms with Gasteiger partial charge in [0, 0.05) is 32.3 Å². The van der Waals surface area contributed by atoms with Crippen molar-refractivity contribution in [3.63, 3.8) is 0 Å². The number of aryl methyl sites for hydroxylation is 2. The van der Waals surface area contributed by atoms with Crippen molar-refractivity contribution in [3.05, 3.63) is 23.4 Å². The lowest BCUT2D eigenvalue weighted by Crippen LogP contribution is -2.36. The maximum absolute atomic E-state index is 13.0. The van der Waals surface area contributed by atoms with Crippen LogP contribution in [0.15, 0.2) is 12.1 Å². The summed E-state index contributed by atoms with van der Waals surface area (Å²) in [6.07, 6.45) is 5.36. The lowest BCUT2D eigenvalue weighted by molar-refractivity contribution is -0.137. The maximum atomic E-state index is 13.0. The summed E-state index contributed by atoms with van der Waals surface area (Å²) in [5.74, 6) is 0.232. The molecule has 2 rings (SSSR count). The minimum Gasteiger partial charge on any atom is -0.481 e. The molecule has 0 amide bonds. The van der Waals surface area contributed by atoms with Crippen molar-refractivity contribution in [1.29, 1.82) is 0 Å². The zero-order valence-corrected chi connectivity index (χ0v) is 16.3. The molecule has 0 bridgehead atoms. The lowest BCUT2D eigenvalue weighted by atomic mass is 10.1. The third kappa shape index (κ3) is 7.81. The van der Waals surface area contributed by atoms with Gasteiger partial charge < -0.3 is 20.1 Å². The average Bonchev–Trinajstić information content (AvgIpc) is 2.68. The van der Waals surface area contributed by atoms with Crippen LogP contribution in [-0.2, 0) is 22.4 Å². The number of alkyl halides is 1. The second-order valence-corrected chi connectivity index (χ2v) is 7.11. The number of anilines is 1. The van der Waals surface area contributed by atoms with Crippen molar-refractivity contribution in [3.8, 4) is 0 Å². The molecule has 27 heavy (non-hydrogen) atoms. The van der Waals surface area contributed by atoms with E-state index in [2.05, 4.69) is 22.3 Å². The van der Waals surface area contributed by atoms with Gasteiger partial charge in [-0.15, -0.1) is 0 Å². The molecular formula is C20H32FN3O3. The number of fused-ring (bicyclic) bond motifs is 1. The molecule has 0 saturated carbocycles. The second-order valence-electron chi connectivity index (χ2n) is 7.11. The van der Waals surface area contributed by atoms with Gasteiger partial charge in [-0.3, -0.25) is 4.79 Å². The standard InChI is InChI=1S/C20H32FN3O3/c1-27-18(14-21)15-24(13-5-8-19(25)26)12-3-2-7-17-10-9-16-6-4-11-22-20(16)23-17/h9-10,18H,2-8,11-15H2,1H3,(H,22,23)(H,25,26)/t18-/m1/s1. The van der Waals surface area contributed by atoms with Crippen LogP contribution in [-0.4, -0.2) is 67.0 Å². The molecule has 1 aromatic rings. The zero-order valence-electron chi connectivity index (χ0n) is 16.3. The first-order chi connectivity index (χ1) is 13.1. The van der Waals surface area contributed by atoms with Crippen LogP contribution in [0.5, 0.6) is 0 Å². The van der Waals surface area contributed by atoms with Gasteiger partial charge in [-0.2, -0.15) is 0 Å². The van der Waals surface area contributed by atoms with Crippen molar-refractivity contribution < 1.29 is 19.0 Å². The Kier molecular flexibility index (Phi) is 9.48. The Labute approximate surface area is 161 Å². The van der Waals surface area contributed by atoms with E-state index < -0.39 is 18.7 Å². The molecule has 1 aliphatic heterocycles. The van der Waals surface area contributed by atoms with Crippen LogP contribution in [0.1, 0.15) is 43.4 Å². The number of hydrogen-bond donors (Lipinski definition) is 2. The van der Waals surface area contributed by atoms with Crippen molar-refractivity contribution >= 4 is 11.8 Å². The molecule has 1 aliphatic rings. The molecule has 0 aliphatic carbocycles. The number of unbranched alkanes of at least 4 members (excludes halogenated alkanes) is 1. The molecule has 152 valence electrons. The monoisotopic (exact) mass is 381 g/mol. The smallest absolute Gasteiger partial charge is 0.303 e. The van der Waals surface area contributed by atoms with E-state index in [4.69, 9.17) is 14.8 Å². The van der Waals surface area contributed by atoms with Crippen molar-refractivity contribution in [2.24, 2.45) is 0 Å². The third-order valence-electron chi connectivity index (χ3n) is 4.94. The predicted molar refractivity (Wildman–Crippen MR) is 104 cm³/mol. The van der Waals surface area contributed by atoms with Crippen LogP contribution >= 0.6 is 0 Å². The van der Waals surface area contributed by atoms with Crippen molar-refractivity contribution in [1.82, 2.24) is 9.88 Å². The molecule has 0 unspecified atom stereocenters. The highest BCUT2D eigenvalue weighted by Gasteiger charge is 2.14. The SMILES string of the molecule is CO[C@H](CF)CN(CCCCc1ccc2c(n1)NCCC2)CCCC(=O)O. The van der Waals surface area contributed by atoms with Gasteiger partial charge in [0.05, 0.1) is 6.10 Å². The summed E-state index contributed by atoms with van der Waals surface area (Å²) < 4.78 is 18.1. The van der Waals surface area contributed by atoms with Crippen LogP contribution in [0.4, 0.5) is 10.2 Å². The largest absolute Gasteiger partial charge is 0.481 e.